The molecule has 0 spiro atoms. The second-order valence-electron chi connectivity index (χ2n) is 5.54. The minimum atomic E-state index is -1.10. The number of nitrogens with one attached hydrogen (secondary N) is 1. The van der Waals surface area contributed by atoms with E-state index in [1.807, 2.05) is 30.3 Å². The third-order valence-electron chi connectivity index (χ3n) is 3.68. The first-order valence-electron chi connectivity index (χ1n) is 8.06. The Morgan fingerprint density at radius 3 is 2.48 bits per heavy atom. The second-order valence-corrected chi connectivity index (χ2v) is 6.59. The van der Waals surface area contributed by atoms with Crippen LogP contribution in [-0.4, -0.2) is 30.7 Å². The van der Waals surface area contributed by atoms with Gasteiger partial charge >= 0.3 is 5.97 Å². The van der Waals surface area contributed by atoms with E-state index in [0.29, 0.717) is 11.5 Å². The van der Waals surface area contributed by atoms with Crippen molar-refractivity contribution in [1.29, 1.82) is 0 Å². The van der Waals surface area contributed by atoms with E-state index in [-0.39, 0.29) is 17.2 Å². The van der Waals surface area contributed by atoms with Crippen molar-refractivity contribution in [1.82, 2.24) is 0 Å². The van der Waals surface area contributed by atoms with Gasteiger partial charge in [-0.1, -0.05) is 36.4 Å². The quantitative estimate of drug-likeness (QED) is 0.641. The molecule has 0 radical (unpaired) electrons. The number of carbonyl (C=O) groups excluding carboxylic acids is 1. The predicted molar refractivity (Wildman–Crippen MR) is 104 cm³/mol. The van der Waals surface area contributed by atoms with E-state index in [0.717, 1.165) is 10.4 Å². The fraction of sp³-hybridized carbons (Fsp3) is 0.100. The molecule has 0 aliphatic heterocycles. The van der Waals surface area contributed by atoms with Gasteiger partial charge in [0, 0.05) is 10.9 Å². The van der Waals surface area contributed by atoms with Crippen molar-refractivity contribution in [2.45, 2.75) is 0 Å². The van der Waals surface area contributed by atoms with Gasteiger partial charge in [0.15, 0.2) is 6.61 Å². The molecule has 0 saturated heterocycles. The highest BCUT2D eigenvalue weighted by Crippen LogP contribution is 2.35. The third-order valence-corrected chi connectivity index (χ3v) is 4.78. The summed E-state index contributed by atoms with van der Waals surface area (Å²) in [4.78, 5) is 24.5. The molecule has 6 nitrogen and oxygen atoms in total. The lowest BCUT2D eigenvalue weighted by molar-refractivity contribution is -0.118. The monoisotopic (exact) mass is 383 g/mol. The fourth-order valence-electron chi connectivity index (χ4n) is 2.39. The standard InChI is InChI=1S/C20H17NO5S/c1-25-14-8-5-9-15(10-14)26-12-18(22)21-19-16(20(23)24)11-17(27-19)13-6-3-2-4-7-13/h2-11H,12H2,1H3,(H,21,22)(H,23,24). The van der Waals surface area contributed by atoms with Crippen molar-refractivity contribution in [2.75, 3.05) is 19.0 Å². The van der Waals surface area contributed by atoms with Gasteiger partial charge in [-0.25, -0.2) is 4.79 Å². The number of hydrogen-bond donors (Lipinski definition) is 2. The summed E-state index contributed by atoms with van der Waals surface area (Å²) in [5.74, 6) is -0.440. The van der Waals surface area contributed by atoms with Crippen molar-refractivity contribution < 1.29 is 24.2 Å². The molecule has 1 amide bonds. The SMILES string of the molecule is COc1cccc(OCC(=O)Nc2sc(-c3ccccc3)cc2C(=O)O)c1. The smallest absolute Gasteiger partial charge is 0.338 e. The highest BCUT2D eigenvalue weighted by Gasteiger charge is 2.18. The van der Waals surface area contributed by atoms with Gasteiger partial charge in [0.05, 0.1) is 12.7 Å². The van der Waals surface area contributed by atoms with Gasteiger partial charge in [0.25, 0.3) is 5.91 Å². The molecular formula is C20H17NO5S. The highest BCUT2D eigenvalue weighted by molar-refractivity contribution is 7.20. The minimum absolute atomic E-state index is 0.0496. The Kier molecular flexibility index (Phi) is 5.73. The summed E-state index contributed by atoms with van der Waals surface area (Å²) in [6.07, 6.45) is 0. The highest BCUT2D eigenvalue weighted by atomic mass is 32.1. The molecule has 138 valence electrons. The number of amides is 1. The average Bonchev–Trinajstić information content (AvgIpc) is 3.11. The van der Waals surface area contributed by atoms with Crippen LogP contribution in [0.1, 0.15) is 10.4 Å². The number of ether oxygens (including phenoxy) is 2. The van der Waals surface area contributed by atoms with Crippen LogP contribution in [0.25, 0.3) is 10.4 Å². The van der Waals surface area contributed by atoms with E-state index >= 15 is 0 Å². The number of benzene rings is 2. The Balaban J connectivity index is 1.71. The maximum absolute atomic E-state index is 12.2. The zero-order valence-electron chi connectivity index (χ0n) is 14.5. The molecule has 3 rings (SSSR count). The summed E-state index contributed by atoms with van der Waals surface area (Å²) in [6.45, 7) is -0.245. The molecule has 1 aromatic heterocycles. The lowest BCUT2D eigenvalue weighted by atomic mass is 10.1. The van der Waals surface area contributed by atoms with Gasteiger partial charge in [-0.15, -0.1) is 11.3 Å². The van der Waals surface area contributed by atoms with Crippen LogP contribution in [0.5, 0.6) is 11.5 Å². The summed E-state index contributed by atoms with van der Waals surface area (Å²) < 4.78 is 10.5. The number of carboxylic acids is 1. The van der Waals surface area contributed by atoms with E-state index in [1.54, 1.807) is 37.4 Å². The van der Waals surface area contributed by atoms with Crippen LogP contribution < -0.4 is 14.8 Å². The summed E-state index contributed by atoms with van der Waals surface area (Å²) in [6, 6.07) is 17.8. The topological polar surface area (TPSA) is 84.9 Å². The predicted octanol–water partition coefficient (Wildman–Crippen LogP) is 4.14. The molecule has 1 heterocycles. The Hall–Kier alpha value is -3.32. The fourth-order valence-corrected chi connectivity index (χ4v) is 3.46. The van der Waals surface area contributed by atoms with Crippen LogP contribution in [0.4, 0.5) is 5.00 Å². The summed E-state index contributed by atoms with van der Waals surface area (Å²) >= 11 is 1.21. The first-order valence-corrected chi connectivity index (χ1v) is 8.87. The number of methoxy groups -OCH3 is 1. The number of thiophene rings is 1. The molecule has 0 aliphatic carbocycles. The van der Waals surface area contributed by atoms with Crippen molar-refractivity contribution in [3.8, 4) is 21.9 Å². The van der Waals surface area contributed by atoms with Crippen molar-refractivity contribution in [3.05, 3.63) is 66.2 Å². The molecule has 0 fully saturated rings. The molecular weight excluding hydrogens is 366 g/mol. The maximum Gasteiger partial charge on any atom is 0.338 e. The molecule has 0 atom stereocenters. The zero-order valence-corrected chi connectivity index (χ0v) is 15.3. The normalized spacial score (nSPS) is 10.3. The summed E-state index contributed by atoms with van der Waals surface area (Å²) in [5, 5.41) is 12.3. The Bertz CT molecular complexity index is 952. The zero-order chi connectivity index (χ0) is 19.2. The van der Waals surface area contributed by atoms with Crippen LogP contribution in [-0.2, 0) is 4.79 Å². The molecule has 0 saturated carbocycles. The van der Waals surface area contributed by atoms with E-state index in [9.17, 15) is 14.7 Å². The van der Waals surface area contributed by atoms with Crippen LogP contribution >= 0.6 is 11.3 Å². The first kappa shape index (κ1) is 18.5. The van der Waals surface area contributed by atoms with E-state index < -0.39 is 11.9 Å². The first-order chi connectivity index (χ1) is 13.1. The summed E-state index contributed by atoms with van der Waals surface area (Å²) in [7, 11) is 1.54. The lowest BCUT2D eigenvalue weighted by Crippen LogP contribution is -2.20. The number of hydrogen-bond acceptors (Lipinski definition) is 5. The van der Waals surface area contributed by atoms with Gasteiger partial charge in [-0.2, -0.15) is 0 Å². The van der Waals surface area contributed by atoms with E-state index in [1.165, 1.54) is 11.3 Å². The largest absolute Gasteiger partial charge is 0.497 e. The van der Waals surface area contributed by atoms with Gasteiger partial charge in [-0.05, 0) is 23.8 Å². The van der Waals surface area contributed by atoms with Crippen molar-refractivity contribution in [2.24, 2.45) is 0 Å². The van der Waals surface area contributed by atoms with E-state index in [2.05, 4.69) is 5.32 Å². The molecule has 0 unspecified atom stereocenters. The van der Waals surface area contributed by atoms with Gasteiger partial charge in [0.1, 0.15) is 16.5 Å². The lowest BCUT2D eigenvalue weighted by Gasteiger charge is -2.08. The molecule has 3 aromatic rings. The van der Waals surface area contributed by atoms with Gasteiger partial charge in [-0.3, -0.25) is 4.79 Å². The van der Waals surface area contributed by atoms with E-state index in [4.69, 9.17) is 9.47 Å². The Morgan fingerprint density at radius 2 is 1.78 bits per heavy atom. The molecule has 2 N–H and O–H groups in total. The third kappa shape index (κ3) is 4.65. The molecule has 27 heavy (non-hydrogen) atoms. The second kappa shape index (κ2) is 8.37. The van der Waals surface area contributed by atoms with Gasteiger partial charge < -0.3 is 19.9 Å². The number of aromatic carboxylic acids is 1. The van der Waals surface area contributed by atoms with Crippen molar-refractivity contribution in [3.63, 3.8) is 0 Å². The molecule has 7 heteroatoms. The Morgan fingerprint density at radius 1 is 1.04 bits per heavy atom. The number of rotatable bonds is 7. The summed E-state index contributed by atoms with van der Waals surface area (Å²) in [5.41, 5.74) is 0.937. The van der Waals surface area contributed by atoms with Crippen LogP contribution in [0, 0.1) is 0 Å². The average molecular weight is 383 g/mol. The number of anilines is 1. The Labute approximate surface area is 160 Å². The van der Waals surface area contributed by atoms with Crippen LogP contribution in [0.15, 0.2) is 60.7 Å². The van der Waals surface area contributed by atoms with Crippen LogP contribution in [0.3, 0.4) is 0 Å². The molecule has 0 bridgehead atoms. The van der Waals surface area contributed by atoms with Crippen LogP contribution in [0.2, 0.25) is 0 Å². The molecule has 0 aliphatic rings. The van der Waals surface area contributed by atoms with Crippen molar-refractivity contribution >= 4 is 28.2 Å². The number of carboxylic acid groups (broad SMARTS) is 1. The maximum atomic E-state index is 12.2. The molecule has 2 aromatic carbocycles. The minimum Gasteiger partial charge on any atom is -0.497 e. The van der Waals surface area contributed by atoms with Gasteiger partial charge in [0.2, 0.25) is 0 Å². The number of carbonyl (C=O) groups is 2.